The van der Waals surface area contributed by atoms with E-state index < -0.39 is 0 Å². The van der Waals surface area contributed by atoms with Crippen LogP contribution in [-0.4, -0.2) is 9.13 Å². The molecule has 0 saturated carbocycles. The first-order valence-electron chi connectivity index (χ1n) is 25.4. The molecule has 12 aromatic rings. The molecule has 0 amide bonds. The highest BCUT2D eigenvalue weighted by molar-refractivity contribution is 6.14. The SMILES string of the molecule is Cc1ccc(-c2ccc3c(c2)c2cc(-c4ccc(C)cc4C)ccc2n3-c2ccc(C#N)cc2-c2ccc(C)cc2-n2c3ccc(-c4ccc(C)cc4C)cc3c3cc(-c4ccc(C)cc4C)ccc32)c(C)c1. The maximum Gasteiger partial charge on any atom is 0.0991 e. The van der Waals surface area contributed by atoms with Crippen LogP contribution in [0, 0.1) is 73.6 Å². The number of benzene rings is 10. The van der Waals surface area contributed by atoms with Gasteiger partial charge in [0, 0.05) is 32.7 Å². The standard InChI is InChI=1S/C70H57N3/c1-41-10-20-55(46(6)30-41)51-16-26-66-61(36-51)62-37-52(56-21-11-42(2)31-47(56)7)17-27-67(62)72(66)65-25-15-50(40-71)35-60(65)59-24-14-45(5)34-70(59)73-68-28-18-53(57-22-12-43(3)32-48(57)8)38-63(68)64-39-54(19-29-69(64)73)58-23-13-44(4)33-49(58)9/h10-39H,1-9H3. The number of aromatic nitrogens is 2. The summed E-state index contributed by atoms with van der Waals surface area (Å²) in [6, 6.07) is 70.4. The van der Waals surface area contributed by atoms with Crippen LogP contribution in [0.4, 0.5) is 0 Å². The Labute approximate surface area is 428 Å². The summed E-state index contributed by atoms with van der Waals surface area (Å²) in [5.74, 6) is 0. The van der Waals surface area contributed by atoms with Gasteiger partial charge in [0.1, 0.15) is 0 Å². The van der Waals surface area contributed by atoms with Gasteiger partial charge in [-0.25, -0.2) is 0 Å². The Morgan fingerprint density at radius 3 is 0.918 bits per heavy atom. The summed E-state index contributed by atoms with van der Waals surface area (Å²) in [6.45, 7) is 19.7. The zero-order chi connectivity index (χ0) is 50.4. The monoisotopic (exact) mass is 939 g/mol. The second-order valence-corrected chi connectivity index (χ2v) is 20.7. The Morgan fingerprint density at radius 2 is 0.589 bits per heavy atom. The third-order valence-electron chi connectivity index (χ3n) is 15.4. The van der Waals surface area contributed by atoms with Gasteiger partial charge >= 0.3 is 0 Å². The third kappa shape index (κ3) is 7.74. The fourth-order valence-corrected chi connectivity index (χ4v) is 11.9. The van der Waals surface area contributed by atoms with Crippen molar-refractivity contribution in [1.82, 2.24) is 9.13 Å². The molecule has 10 aromatic carbocycles. The van der Waals surface area contributed by atoms with Crippen molar-refractivity contribution in [3.05, 3.63) is 238 Å². The van der Waals surface area contributed by atoms with Gasteiger partial charge in [0.25, 0.3) is 0 Å². The Morgan fingerprint density at radius 1 is 0.274 bits per heavy atom. The highest BCUT2D eigenvalue weighted by Crippen LogP contribution is 2.45. The fourth-order valence-electron chi connectivity index (χ4n) is 11.9. The molecule has 3 heteroatoms. The number of aryl methyl sites for hydroxylation is 9. The Hall–Kier alpha value is -8.71. The average Bonchev–Trinajstić information content (AvgIpc) is 3.88. The molecule has 0 bridgehead atoms. The lowest BCUT2D eigenvalue weighted by molar-refractivity contribution is 1.15. The summed E-state index contributed by atoms with van der Waals surface area (Å²) in [4.78, 5) is 0. The summed E-state index contributed by atoms with van der Waals surface area (Å²) < 4.78 is 4.90. The third-order valence-corrected chi connectivity index (χ3v) is 15.4. The number of nitriles is 1. The predicted octanol–water partition coefficient (Wildman–Crippen LogP) is 18.9. The highest BCUT2D eigenvalue weighted by Gasteiger charge is 2.23. The topological polar surface area (TPSA) is 33.6 Å². The maximum absolute atomic E-state index is 10.7. The molecule has 73 heavy (non-hydrogen) atoms. The van der Waals surface area contributed by atoms with E-state index in [1.54, 1.807) is 0 Å². The molecule has 0 fully saturated rings. The summed E-state index contributed by atoms with van der Waals surface area (Å²) in [6.07, 6.45) is 0. The normalized spacial score (nSPS) is 11.6. The van der Waals surface area contributed by atoms with E-state index in [9.17, 15) is 5.26 Å². The van der Waals surface area contributed by atoms with Gasteiger partial charge in [-0.15, -0.1) is 0 Å². The van der Waals surface area contributed by atoms with Crippen LogP contribution in [0.5, 0.6) is 0 Å². The van der Waals surface area contributed by atoms with Crippen molar-refractivity contribution in [2.45, 2.75) is 62.3 Å². The molecule has 0 N–H and O–H groups in total. The first kappa shape index (κ1) is 45.4. The smallest absolute Gasteiger partial charge is 0.0991 e. The number of fused-ring (bicyclic) bond motifs is 6. The van der Waals surface area contributed by atoms with Gasteiger partial charge < -0.3 is 9.13 Å². The minimum absolute atomic E-state index is 0.610. The van der Waals surface area contributed by atoms with Crippen LogP contribution in [0.3, 0.4) is 0 Å². The van der Waals surface area contributed by atoms with Crippen molar-refractivity contribution in [2.75, 3.05) is 0 Å². The minimum atomic E-state index is 0.610. The van der Waals surface area contributed by atoms with Gasteiger partial charge in [0.2, 0.25) is 0 Å². The van der Waals surface area contributed by atoms with Crippen molar-refractivity contribution in [1.29, 1.82) is 5.26 Å². The predicted molar refractivity (Wildman–Crippen MR) is 310 cm³/mol. The molecule has 2 aromatic heterocycles. The van der Waals surface area contributed by atoms with Crippen LogP contribution >= 0.6 is 0 Å². The summed E-state index contributed by atoms with van der Waals surface area (Å²) in [5.41, 5.74) is 30.1. The molecule has 12 rings (SSSR count). The molecule has 0 spiro atoms. The number of hydrogen-bond acceptors (Lipinski definition) is 1. The first-order chi connectivity index (χ1) is 35.3. The Kier molecular flexibility index (Phi) is 10.9. The maximum atomic E-state index is 10.7. The van der Waals surface area contributed by atoms with Crippen molar-refractivity contribution >= 4 is 43.6 Å². The van der Waals surface area contributed by atoms with Crippen molar-refractivity contribution in [3.8, 4) is 73.1 Å². The second-order valence-electron chi connectivity index (χ2n) is 20.7. The summed E-state index contributed by atoms with van der Waals surface area (Å²) in [7, 11) is 0. The lowest BCUT2D eigenvalue weighted by atomic mass is 9.95. The quantitative estimate of drug-likeness (QED) is 0.157. The lowest BCUT2D eigenvalue weighted by Crippen LogP contribution is -2.02. The van der Waals surface area contributed by atoms with Crippen molar-refractivity contribution < 1.29 is 0 Å². The molecule has 0 aliphatic heterocycles. The lowest BCUT2D eigenvalue weighted by Gasteiger charge is -2.20. The van der Waals surface area contributed by atoms with Gasteiger partial charge in [-0.3, -0.25) is 0 Å². The van der Waals surface area contributed by atoms with E-state index in [0.717, 1.165) is 50.1 Å². The van der Waals surface area contributed by atoms with Crippen LogP contribution in [0.25, 0.3) is 111 Å². The highest BCUT2D eigenvalue weighted by atomic mass is 15.0. The van der Waals surface area contributed by atoms with Gasteiger partial charge in [-0.2, -0.15) is 5.26 Å². The van der Waals surface area contributed by atoms with Gasteiger partial charge in [-0.05, 0) is 207 Å². The van der Waals surface area contributed by atoms with E-state index in [2.05, 4.69) is 253 Å². The zero-order valence-electron chi connectivity index (χ0n) is 43.2. The van der Waals surface area contributed by atoms with E-state index in [4.69, 9.17) is 0 Å². The molecule has 0 radical (unpaired) electrons. The van der Waals surface area contributed by atoms with Crippen LogP contribution < -0.4 is 0 Å². The molecule has 0 saturated heterocycles. The second kappa shape index (κ2) is 17.5. The van der Waals surface area contributed by atoms with Crippen molar-refractivity contribution in [3.63, 3.8) is 0 Å². The summed E-state index contributed by atoms with van der Waals surface area (Å²) >= 11 is 0. The minimum Gasteiger partial charge on any atom is -0.309 e. The molecule has 0 aliphatic rings. The van der Waals surface area contributed by atoms with Crippen LogP contribution in [-0.2, 0) is 0 Å². The van der Waals surface area contributed by atoms with Gasteiger partial charge in [-0.1, -0.05) is 131 Å². The van der Waals surface area contributed by atoms with Crippen LogP contribution in [0.1, 0.15) is 55.6 Å². The van der Waals surface area contributed by atoms with Crippen molar-refractivity contribution in [2.24, 2.45) is 0 Å². The number of nitrogens with zero attached hydrogens (tertiary/aromatic N) is 3. The van der Waals surface area contributed by atoms with Gasteiger partial charge in [0.15, 0.2) is 0 Å². The molecule has 0 unspecified atom stereocenters. The number of hydrogen-bond donors (Lipinski definition) is 0. The molecule has 2 heterocycles. The van der Waals surface area contributed by atoms with E-state index in [0.29, 0.717) is 5.56 Å². The molecule has 0 aliphatic carbocycles. The molecule has 3 nitrogen and oxygen atoms in total. The molecular weight excluding hydrogens is 883 g/mol. The fraction of sp³-hybridized carbons (Fsp3) is 0.129. The zero-order valence-corrected chi connectivity index (χ0v) is 43.2. The van der Waals surface area contributed by atoms with E-state index in [-0.39, 0.29) is 0 Å². The van der Waals surface area contributed by atoms with E-state index >= 15 is 0 Å². The Bertz CT molecular complexity index is 4100. The average molecular weight is 940 g/mol. The Balaban J connectivity index is 1.13. The van der Waals surface area contributed by atoms with E-state index in [1.165, 1.54) is 111 Å². The van der Waals surface area contributed by atoms with Crippen LogP contribution in [0.15, 0.2) is 182 Å². The largest absolute Gasteiger partial charge is 0.309 e. The molecular formula is C70H57N3. The summed E-state index contributed by atoms with van der Waals surface area (Å²) in [5, 5.41) is 15.4. The first-order valence-corrected chi connectivity index (χ1v) is 25.4. The van der Waals surface area contributed by atoms with E-state index in [1.807, 2.05) is 6.07 Å². The number of rotatable bonds is 7. The van der Waals surface area contributed by atoms with Gasteiger partial charge in [0.05, 0.1) is 45.1 Å². The van der Waals surface area contributed by atoms with Crippen LogP contribution in [0.2, 0.25) is 0 Å². The molecule has 0 atom stereocenters. The molecule has 352 valence electrons.